The minimum absolute atomic E-state index is 0.0152. The largest absolute Gasteiger partial charge is 0.338 e. The van der Waals surface area contributed by atoms with Crippen LogP contribution in [-0.4, -0.2) is 46.9 Å². The number of hydrogen-bond donors (Lipinski definition) is 2. The number of rotatable bonds is 5. The minimum Gasteiger partial charge on any atom is -0.338 e. The van der Waals surface area contributed by atoms with Gasteiger partial charge in [0, 0.05) is 19.3 Å². The van der Waals surface area contributed by atoms with Gasteiger partial charge < -0.3 is 10.2 Å². The van der Waals surface area contributed by atoms with Crippen molar-refractivity contribution in [3.63, 3.8) is 0 Å². The maximum atomic E-state index is 13.6. The van der Waals surface area contributed by atoms with E-state index in [1.54, 1.807) is 41.3 Å². The number of halogens is 2. The number of primary sulfonamides is 1. The summed E-state index contributed by atoms with van der Waals surface area (Å²) >= 11 is 6.33. The Morgan fingerprint density at radius 3 is 2.44 bits per heavy atom. The van der Waals surface area contributed by atoms with E-state index in [2.05, 4.69) is 15.4 Å². The third-order valence-corrected chi connectivity index (χ3v) is 7.51. The molecule has 2 aromatic carbocycles. The van der Waals surface area contributed by atoms with Gasteiger partial charge in [0.15, 0.2) is 5.65 Å². The molecule has 0 unspecified atom stereocenters. The van der Waals surface area contributed by atoms with Crippen molar-refractivity contribution in [2.24, 2.45) is 5.14 Å². The van der Waals surface area contributed by atoms with Crippen LogP contribution in [0.5, 0.6) is 0 Å². The molecule has 1 saturated heterocycles. The van der Waals surface area contributed by atoms with Gasteiger partial charge in [-0.3, -0.25) is 4.79 Å². The Kier molecular flexibility index (Phi) is 6.37. The number of likely N-dealkylation sites (tertiary alicyclic amines) is 1. The van der Waals surface area contributed by atoms with Crippen LogP contribution < -0.4 is 10.5 Å². The number of aromatic nitrogens is 3. The van der Waals surface area contributed by atoms with E-state index in [9.17, 15) is 17.6 Å². The molecular weight excluding hydrogens is 507 g/mol. The number of carbonyl (C=O) groups is 1. The third-order valence-electron chi connectivity index (χ3n) is 6.28. The van der Waals surface area contributed by atoms with Crippen LogP contribution >= 0.6 is 11.6 Å². The van der Waals surface area contributed by atoms with E-state index in [0.717, 1.165) is 24.6 Å². The lowest BCUT2D eigenvalue weighted by molar-refractivity contribution is 0.0713. The van der Waals surface area contributed by atoms with E-state index >= 15 is 0 Å². The first-order chi connectivity index (χ1) is 17.2. The summed E-state index contributed by atoms with van der Waals surface area (Å²) in [7, 11) is -4.09. The Bertz CT molecular complexity index is 1550. The molecule has 0 atom stereocenters. The molecule has 12 heteroatoms. The quantitative estimate of drug-likeness (QED) is 0.404. The van der Waals surface area contributed by atoms with Crippen molar-refractivity contribution in [1.82, 2.24) is 19.5 Å². The van der Waals surface area contributed by atoms with E-state index in [1.807, 2.05) is 0 Å². The third kappa shape index (κ3) is 4.64. The number of hydrogen-bond acceptors (Lipinski definition) is 6. The summed E-state index contributed by atoms with van der Waals surface area (Å²) in [6, 6.07) is 13.4. The second-order valence-corrected chi connectivity index (χ2v) is 10.5. The van der Waals surface area contributed by atoms with Gasteiger partial charge in [0.25, 0.3) is 5.91 Å². The number of para-hydroxylation sites is 1. The minimum atomic E-state index is -4.09. The highest BCUT2D eigenvalue weighted by atomic mass is 35.5. The SMILES string of the molecule is NS(=O)(=O)c1cnn2c(Nc3ccccc3Cl)c(C(=O)N3CCC(c4ccc(F)cc4)CC3)cnc12. The van der Waals surface area contributed by atoms with Gasteiger partial charge in [0.1, 0.15) is 22.1 Å². The molecular formula is C24H22ClFN6O3S. The molecule has 0 bridgehead atoms. The van der Waals surface area contributed by atoms with Crippen LogP contribution in [0.4, 0.5) is 15.9 Å². The number of nitrogens with zero attached hydrogens (tertiary/aromatic N) is 4. The highest BCUT2D eigenvalue weighted by molar-refractivity contribution is 7.89. The van der Waals surface area contributed by atoms with Gasteiger partial charge in [-0.05, 0) is 48.6 Å². The van der Waals surface area contributed by atoms with E-state index in [4.69, 9.17) is 16.7 Å². The molecule has 3 heterocycles. The van der Waals surface area contributed by atoms with Gasteiger partial charge in [-0.1, -0.05) is 35.9 Å². The maximum Gasteiger partial charge on any atom is 0.259 e. The fourth-order valence-electron chi connectivity index (χ4n) is 4.40. The topological polar surface area (TPSA) is 123 Å². The molecule has 1 amide bonds. The van der Waals surface area contributed by atoms with Crippen molar-refractivity contribution >= 4 is 44.7 Å². The van der Waals surface area contributed by atoms with Gasteiger partial charge in [-0.25, -0.2) is 22.9 Å². The Hall–Kier alpha value is -3.54. The smallest absolute Gasteiger partial charge is 0.259 e. The number of piperidine rings is 1. The van der Waals surface area contributed by atoms with Gasteiger partial charge >= 0.3 is 0 Å². The first kappa shape index (κ1) is 24.2. The van der Waals surface area contributed by atoms with E-state index in [0.29, 0.717) is 23.8 Å². The number of carbonyl (C=O) groups excluding carboxylic acids is 1. The van der Waals surface area contributed by atoms with Crippen molar-refractivity contribution in [2.45, 2.75) is 23.7 Å². The van der Waals surface area contributed by atoms with E-state index in [-0.39, 0.29) is 39.6 Å². The number of amides is 1. The molecule has 1 fully saturated rings. The fraction of sp³-hybridized carbons (Fsp3) is 0.208. The van der Waals surface area contributed by atoms with Gasteiger partial charge in [-0.2, -0.15) is 9.61 Å². The van der Waals surface area contributed by atoms with Gasteiger partial charge in [0.2, 0.25) is 10.0 Å². The van der Waals surface area contributed by atoms with Crippen molar-refractivity contribution in [3.05, 3.63) is 82.9 Å². The summed E-state index contributed by atoms with van der Waals surface area (Å²) in [5, 5.41) is 13.0. The standard InChI is InChI=1S/C24H22ClFN6O3S/c25-19-3-1-2-4-20(19)30-22-18(13-28-23-21(36(27,34)35)14-29-32(22)23)24(33)31-11-9-16(10-12-31)15-5-7-17(26)8-6-15/h1-8,13-14,16,30H,9-12H2,(H2,27,34,35). The average molecular weight is 529 g/mol. The Balaban J connectivity index is 1.48. The molecule has 0 saturated carbocycles. The first-order valence-corrected chi connectivity index (χ1v) is 13.1. The molecule has 5 rings (SSSR count). The maximum absolute atomic E-state index is 13.6. The van der Waals surface area contributed by atoms with Crippen molar-refractivity contribution in [1.29, 1.82) is 0 Å². The molecule has 186 valence electrons. The molecule has 1 aliphatic rings. The summed E-state index contributed by atoms with van der Waals surface area (Å²) in [6.45, 7) is 0.984. The summed E-state index contributed by atoms with van der Waals surface area (Å²) < 4.78 is 38.5. The van der Waals surface area contributed by atoms with Gasteiger partial charge in [0.05, 0.1) is 16.9 Å². The molecule has 2 aromatic heterocycles. The number of nitrogens with one attached hydrogen (secondary N) is 1. The first-order valence-electron chi connectivity index (χ1n) is 11.2. The lowest BCUT2D eigenvalue weighted by Gasteiger charge is -2.32. The van der Waals surface area contributed by atoms with E-state index < -0.39 is 10.0 Å². The number of benzene rings is 2. The van der Waals surface area contributed by atoms with Gasteiger partial charge in [-0.15, -0.1) is 0 Å². The van der Waals surface area contributed by atoms with Crippen LogP contribution in [0.25, 0.3) is 5.65 Å². The molecule has 0 aliphatic carbocycles. The number of fused-ring (bicyclic) bond motifs is 1. The zero-order valence-electron chi connectivity index (χ0n) is 18.9. The second-order valence-electron chi connectivity index (χ2n) is 8.53. The monoisotopic (exact) mass is 528 g/mol. The van der Waals surface area contributed by atoms with Crippen LogP contribution in [0, 0.1) is 5.82 Å². The zero-order valence-corrected chi connectivity index (χ0v) is 20.5. The summed E-state index contributed by atoms with van der Waals surface area (Å²) in [5.41, 5.74) is 1.73. The van der Waals surface area contributed by atoms with Crippen molar-refractivity contribution in [2.75, 3.05) is 18.4 Å². The molecule has 9 nitrogen and oxygen atoms in total. The summed E-state index contributed by atoms with van der Waals surface area (Å²) in [4.78, 5) is 19.3. The van der Waals surface area contributed by atoms with Crippen LogP contribution in [0.3, 0.4) is 0 Å². The molecule has 36 heavy (non-hydrogen) atoms. The predicted octanol–water partition coefficient (Wildman–Crippen LogP) is 3.93. The highest BCUT2D eigenvalue weighted by Gasteiger charge is 2.29. The lowest BCUT2D eigenvalue weighted by atomic mass is 9.89. The highest BCUT2D eigenvalue weighted by Crippen LogP contribution is 2.32. The molecule has 0 radical (unpaired) electrons. The number of anilines is 2. The number of nitrogens with two attached hydrogens (primary N) is 1. The lowest BCUT2D eigenvalue weighted by Crippen LogP contribution is -2.38. The summed E-state index contributed by atoms with van der Waals surface area (Å²) in [6.07, 6.45) is 3.85. The van der Waals surface area contributed by atoms with Crippen LogP contribution in [-0.2, 0) is 10.0 Å². The van der Waals surface area contributed by atoms with Crippen molar-refractivity contribution in [3.8, 4) is 0 Å². The predicted molar refractivity (Wildman–Crippen MR) is 133 cm³/mol. The zero-order chi connectivity index (χ0) is 25.4. The van der Waals surface area contributed by atoms with E-state index in [1.165, 1.54) is 22.8 Å². The average Bonchev–Trinajstić information content (AvgIpc) is 3.31. The Labute approximate surface area is 211 Å². The summed E-state index contributed by atoms with van der Waals surface area (Å²) in [5.74, 6) is -0.130. The second kappa shape index (κ2) is 9.49. The Morgan fingerprint density at radius 1 is 1.08 bits per heavy atom. The molecule has 4 aromatic rings. The molecule has 1 aliphatic heterocycles. The normalized spacial score (nSPS) is 14.8. The molecule has 3 N–H and O–H groups in total. The fourth-order valence-corrected chi connectivity index (χ4v) is 5.17. The van der Waals surface area contributed by atoms with Crippen LogP contribution in [0.2, 0.25) is 5.02 Å². The van der Waals surface area contributed by atoms with Crippen LogP contribution in [0.1, 0.15) is 34.7 Å². The van der Waals surface area contributed by atoms with Crippen molar-refractivity contribution < 1.29 is 17.6 Å². The van der Waals surface area contributed by atoms with Crippen LogP contribution in [0.15, 0.2) is 65.8 Å². The molecule has 0 spiro atoms. The Morgan fingerprint density at radius 2 is 1.78 bits per heavy atom. The number of sulfonamides is 1.